The van der Waals surface area contributed by atoms with Gasteiger partial charge in [0.2, 0.25) is 0 Å². The van der Waals surface area contributed by atoms with E-state index >= 15 is 0 Å². The van der Waals surface area contributed by atoms with Gasteiger partial charge in [0.1, 0.15) is 0 Å². The summed E-state index contributed by atoms with van der Waals surface area (Å²) in [6.07, 6.45) is 3.27. The monoisotopic (exact) mass is 267 g/mol. The van der Waals surface area contributed by atoms with E-state index in [1.807, 2.05) is 6.92 Å². The van der Waals surface area contributed by atoms with Crippen molar-refractivity contribution in [3.8, 4) is 0 Å². The fourth-order valence-corrected chi connectivity index (χ4v) is 1.57. The molecular formula is C11H23O5S-. The van der Waals surface area contributed by atoms with Crippen LogP contribution in [-0.2, 0) is 19.6 Å². The third-order valence-electron chi connectivity index (χ3n) is 2.32. The lowest BCUT2D eigenvalue weighted by molar-refractivity contribution is -0.0298. The highest BCUT2D eigenvalue weighted by Gasteiger charge is 2.07. The summed E-state index contributed by atoms with van der Waals surface area (Å²) < 4.78 is 41.7. The lowest BCUT2D eigenvalue weighted by Crippen LogP contribution is -2.23. The molecule has 104 valence electrons. The van der Waals surface area contributed by atoms with E-state index < -0.39 is 15.9 Å². The molecule has 5 nitrogen and oxygen atoms in total. The van der Waals surface area contributed by atoms with Crippen LogP contribution in [0.2, 0.25) is 0 Å². The molecular weight excluding hydrogens is 244 g/mol. The van der Waals surface area contributed by atoms with Gasteiger partial charge in [0.25, 0.3) is 0 Å². The Balaban J connectivity index is 3.55. The zero-order valence-corrected chi connectivity index (χ0v) is 11.7. The summed E-state index contributed by atoms with van der Waals surface area (Å²) in [6, 6.07) is 0. The first-order valence-corrected chi connectivity index (χ1v) is 7.59. The minimum absolute atomic E-state index is 0.0697. The van der Waals surface area contributed by atoms with Gasteiger partial charge < -0.3 is 14.0 Å². The zero-order valence-electron chi connectivity index (χ0n) is 10.8. The lowest BCUT2D eigenvalue weighted by atomic mass is 10.2. The van der Waals surface area contributed by atoms with E-state index in [2.05, 4.69) is 6.92 Å². The van der Waals surface area contributed by atoms with Crippen molar-refractivity contribution in [2.75, 3.05) is 19.0 Å². The minimum Gasteiger partial charge on any atom is -0.748 e. The summed E-state index contributed by atoms with van der Waals surface area (Å²) in [5, 5.41) is 0. The van der Waals surface area contributed by atoms with E-state index in [-0.39, 0.29) is 18.8 Å². The molecule has 6 heteroatoms. The van der Waals surface area contributed by atoms with Crippen molar-refractivity contribution < 1.29 is 22.4 Å². The number of hydrogen-bond donors (Lipinski definition) is 0. The smallest absolute Gasteiger partial charge is 0.0968 e. The number of unbranched alkanes of at least 4 members (excludes halogenated alkanes) is 1. The SMILES string of the molecule is CCCCC(C)OCC(C)OCCS(=O)(=O)[O-]. The number of ether oxygens (including phenoxy) is 2. The maximum atomic E-state index is 10.3. The fraction of sp³-hybridized carbons (Fsp3) is 1.00. The molecule has 0 bridgehead atoms. The van der Waals surface area contributed by atoms with Gasteiger partial charge in [-0.05, 0) is 20.3 Å². The van der Waals surface area contributed by atoms with E-state index in [0.717, 1.165) is 19.3 Å². The molecule has 0 N–H and O–H groups in total. The van der Waals surface area contributed by atoms with Gasteiger partial charge in [0.05, 0.1) is 41.3 Å². The Labute approximate surface area is 104 Å². The summed E-state index contributed by atoms with van der Waals surface area (Å²) in [7, 11) is -4.18. The Morgan fingerprint density at radius 2 is 1.82 bits per heavy atom. The molecule has 0 aliphatic heterocycles. The van der Waals surface area contributed by atoms with Crippen LogP contribution in [0.1, 0.15) is 40.0 Å². The van der Waals surface area contributed by atoms with Crippen molar-refractivity contribution in [1.82, 2.24) is 0 Å². The van der Waals surface area contributed by atoms with Gasteiger partial charge in [0.15, 0.2) is 0 Å². The Bertz CT molecular complexity index is 276. The molecule has 0 fully saturated rings. The largest absolute Gasteiger partial charge is 0.748 e. The first kappa shape index (κ1) is 16.8. The highest BCUT2D eigenvalue weighted by molar-refractivity contribution is 7.85. The predicted molar refractivity (Wildman–Crippen MR) is 64.9 cm³/mol. The highest BCUT2D eigenvalue weighted by atomic mass is 32.2. The van der Waals surface area contributed by atoms with Crippen molar-refractivity contribution in [2.45, 2.75) is 52.2 Å². The normalized spacial score (nSPS) is 15.8. The first-order valence-electron chi connectivity index (χ1n) is 6.02. The fourth-order valence-electron chi connectivity index (χ4n) is 1.27. The van der Waals surface area contributed by atoms with Crippen molar-refractivity contribution >= 4 is 10.1 Å². The summed E-state index contributed by atoms with van der Waals surface area (Å²) in [5.74, 6) is -0.483. The molecule has 0 aliphatic rings. The van der Waals surface area contributed by atoms with Crippen molar-refractivity contribution in [3.05, 3.63) is 0 Å². The molecule has 0 aromatic heterocycles. The number of hydrogen-bond acceptors (Lipinski definition) is 5. The van der Waals surface area contributed by atoms with Crippen LogP contribution < -0.4 is 0 Å². The van der Waals surface area contributed by atoms with Crippen molar-refractivity contribution in [3.63, 3.8) is 0 Å². The van der Waals surface area contributed by atoms with Gasteiger partial charge in [-0.25, -0.2) is 8.42 Å². The standard InChI is InChI=1S/C11H24O5S/c1-4-5-6-10(2)16-9-11(3)15-7-8-17(12,13)14/h10-11H,4-9H2,1-3H3,(H,12,13,14)/p-1. The molecule has 0 amide bonds. The van der Waals surface area contributed by atoms with Crippen LogP contribution >= 0.6 is 0 Å². The van der Waals surface area contributed by atoms with Gasteiger partial charge in [-0.15, -0.1) is 0 Å². The molecule has 2 unspecified atom stereocenters. The van der Waals surface area contributed by atoms with E-state index in [9.17, 15) is 13.0 Å². The summed E-state index contributed by atoms with van der Waals surface area (Å²) in [4.78, 5) is 0. The van der Waals surface area contributed by atoms with Crippen LogP contribution in [0.25, 0.3) is 0 Å². The second kappa shape index (κ2) is 8.85. The highest BCUT2D eigenvalue weighted by Crippen LogP contribution is 2.05. The second-order valence-electron chi connectivity index (χ2n) is 4.23. The van der Waals surface area contributed by atoms with Crippen molar-refractivity contribution in [1.29, 1.82) is 0 Å². The maximum Gasteiger partial charge on any atom is 0.0968 e. The average molecular weight is 267 g/mol. The Morgan fingerprint density at radius 3 is 2.35 bits per heavy atom. The minimum atomic E-state index is -4.18. The third-order valence-corrected chi connectivity index (χ3v) is 2.98. The summed E-state index contributed by atoms with van der Waals surface area (Å²) >= 11 is 0. The quantitative estimate of drug-likeness (QED) is 0.561. The predicted octanol–water partition coefficient (Wildman–Crippen LogP) is 1.53. The molecule has 0 aromatic carbocycles. The van der Waals surface area contributed by atoms with Crippen LogP contribution in [-0.4, -0.2) is 44.1 Å². The first-order chi connectivity index (χ1) is 7.85. The number of rotatable bonds is 10. The van der Waals surface area contributed by atoms with Gasteiger partial charge >= 0.3 is 0 Å². The van der Waals surface area contributed by atoms with Gasteiger partial charge in [-0.3, -0.25) is 0 Å². The van der Waals surface area contributed by atoms with Crippen LogP contribution in [0.4, 0.5) is 0 Å². The van der Waals surface area contributed by atoms with Gasteiger partial charge in [0, 0.05) is 0 Å². The van der Waals surface area contributed by atoms with Crippen LogP contribution in [0.15, 0.2) is 0 Å². The molecule has 0 heterocycles. The van der Waals surface area contributed by atoms with E-state index in [1.165, 1.54) is 0 Å². The molecule has 0 radical (unpaired) electrons. The summed E-state index contributed by atoms with van der Waals surface area (Å²) in [5.41, 5.74) is 0. The summed E-state index contributed by atoms with van der Waals surface area (Å²) in [6.45, 7) is 6.28. The van der Waals surface area contributed by atoms with Crippen LogP contribution in [0, 0.1) is 0 Å². The molecule has 0 saturated carbocycles. The maximum absolute atomic E-state index is 10.3. The van der Waals surface area contributed by atoms with Gasteiger partial charge in [-0.1, -0.05) is 19.8 Å². The molecule has 0 spiro atoms. The van der Waals surface area contributed by atoms with E-state index in [4.69, 9.17) is 9.47 Å². The third kappa shape index (κ3) is 12.1. The molecule has 17 heavy (non-hydrogen) atoms. The Kier molecular flexibility index (Phi) is 8.77. The topological polar surface area (TPSA) is 75.7 Å². The van der Waals surface area contributed by atoms with Crippen LogP contribution in [0.5, 0.6) is 0 Å². The lowest BCUT2D eigenvalue weighted by Gasteiger charge is -2.18. The van der Waals surface area contributed by atoms with Gasteiger partial charge in [-0.2, -0.15) is 0 Å². The van der Waals surface area contributed by atoms with E-state index in [0.29, 0.717) is 6.61 Å². The Hall–Kier alpha value is -0.170. The van der Waals surface area contributed by atoms with Crippen molar-refractivity contribution in [2.24, 2.45) is 0 Å². The second-order valence-corrected chi connectivity index (χ2v) is 5.75. The van der Waals surface area contributed by atoms with Crippen LogP contribution in [0.3, 0.4) is 0 Å². The zero-order chi connectivity index (χ0) is 13.3. The molecule has 0 aliphatic carbocycles. The molecule has 0 aromatic rings. The Morgan fingerprint density at radius 1 is 1.18 bits per heavy atom. The van der Waals surface area contributed by atoms with E-state index in [1.54, 1.807) is 6.92 Å². The average Bonchev–Trinajstić information content (AvgIpc) is 2.21. The molecule has 0 saturated heterocycles. The molecule has 2 atom stereocenters. The molecule has 0 rings (SSSR count).